The molecule has 1 fully saturated rings. The molecule has 0 amide bonds. The summed E-state index contributed by atoms with van der Waals surface area (Å²) in [5.41, 5.74) is 1.33. The molecule has 1 aromatic heterocycles. The predicted molar refractivity (Wildman–Crippen MR) is 70.1 cm³/mol. The zero-order valence-corrected chi connectivity index (χ0v) is 11.0. The second kappa shape index (κ2) is 6.17. The van der Waals surface area contributed by atoms with E-state index in [9.17, 15) is 0 Å². The summed E-state index contributed by atoms with van der Waals surface area (Å²) in [6.45, 7) is 7.00. The summed E-state index contributed by atoms with van der Waals surface area (Å²) in [5, 5.41) is 7.82. The van der Waals surface area contributed by atoms with Gasteiger partial charge >= 0.3 is 0 Å². The van der Waals surface area contributed by atoms with E-state index in [4.69, 9.17) is 0 Å². The minimum atomic E-state index is 0.670. The van der Waals surface area contributed by atoms with Crippen molar-refractivity contribution >= 4 is 0 Å². The highest BCUT2D eigenvalue weighted by Gasteiger charge is 2.15. The normalized spacial score (nSPS) is 22.6. The molecule has 1 atom stereocenters. The molecule has 0 spiro atoms. The fourth-order valence-corrected chi connectivity index (χ4v) is 2.47. The van der Waals surface area contributed by atoms with Crippen molar-refractivity contribution in [2.24, 2.45) is 7.05 Å². The van der Waals surface area contributed by atoms with E-state index < -0.39 is 0 Å². The van der Waals surface area contributed by atoms with Crippen LogP contribution in [-0.2, 0) is 13.5 Å². The van der Waals surface area contributed by atoms with Crippen LogP contribution in [0.3, 0.4) is 0 Å². The zero-order valence-electron chi connectivity index (χ0n) is 11.0. The van der Waals surface area contributed by atoms with Gasteiger partial charge in [-0.15, -0.1) is 0 Å². The summed E-state index contributed by atoms with van der Waals surface area (Å²) in [5.74, 6) is 0. The Morgan fingerprint density at radius 2 is 2.41 bits per heavy atom. The van der Waals surface area contributed by atoms with Crippen LogP contribution >= 0.6 is 0 Å². The van der Waals surface area contributed by atoms with Gasteiger partial charge in [0.05, 0.1) is 0 Å². The molecule has 4 nitrogen and oxygen atoms in total. The maximum absolute atomic E-state index is 4.22. The van der Waals surface area contributed by atoms with Crippen LogP contribution in [0.2, 0.25) is 0 Å². The fraction of sp³-hybridized carbons (Fsp3) is 0.769. The summed E-state index contributed by atoms with van der Waals surface area (Å²) in [6.07, 6.45) is 5.48. The molecule has 0 saturated carbocycles. The highest BCUT2D eigenvalue weighted by molar-refractivity contribution is 5.00. The lowest BCUT2D eigenvalue weighted by Gasteiger charge is -2.23. The molecular weight excluding hydrogens is 212 g/mol. The average Bonchev–Trinajstić information content (AvgIpc) is 2.62. The van der Waals surface area contributed by atoms with Crippen molar-refractivity contribution in [1.29, 1.82) is 0 Å². The number of aryl methyl sites for hydroxylation is 1. The number of hydrogen-bond acceptors (Lipinski definition) is 3. The fourth-order valence-electron chi connectivity index (χ4n) is 2.47. The first-order valence-corrected chi connectivity index (χ1v) is 6.72. The molecule has 2 rings (SSSR count). The molecule has 0 aliphatic carbocycles. The van der Waals surface area contributed by atoms with Gasteiger partial charge in [0.2, 0.25) is 0 Å². The van der Waals surface area contributed by atoms with E-state index in [-0.39, 0.29) is 0 Å². The van der Waals surface area contributed by atoms with E-state index in [1.54, 1.807) is 0 Å². The number of nitrogens with zero attached hydrogens (tertiary/aromatic N) is 3. The Kier molecular flexibility index (Phi) is 4.57. The summed E-state index contributed by atoms with van der Waals surface area (Å²) >= 11 is 0. The molecule has 1 N–H and O–H groups in total. The molecule has 1 unspecified atom stereocenters. The van der Waals surface area contributed by atoms with Crippen LogP contribution in [0.1, 0.15) is 25.5 Å². The van der Waals surface area contributed by atoms with Crippen LogP contribution in [0.25, 0.3) is 0 Å². The third-order valence-electron chi connectivity index (χ3n) is 3.66. The number of nitrogens with one attached hydrogen (secondary N) is 1. The smallest absolute Gasteiger partial charge is 0.0492 e. The van der Waals surface area contributed by atoms with Gasteiger partial charge in [-0.05, 0) is 32.0 Å². The average molecular weight is 236 g/mol. The second-order valence-electron chi connectivity index (χ2n) is 4.91. The van der Waals surface area contributed by atoms with Crippen molar-refractivity contribution < 1.29 is 0 Å². The Bertz CT molecular complexity index is 334. The van der Waals surface area contributed by atoms with Gasteiger partial charge in [0.15, 0.2) is 0 Å². The molecule has 0 bridgehead atoms. The predicted octanol–water partition coefficient (Wildman–Crippen LogP) is 1.04. The summed E-state index contributed by atoms with van der Waals surface area (Å²) in [6, 6.07) is 2.79. The van der Waals surface area contributed by atoms with Crippen molar-refractivity contribution in [2.75, 3.05) is 26.2 Å². The van der Waals surface area contributed by atoms with Gasteiger partial charge in [0.1, 0.15) is 0 Å². The Balaban J connectivity index is 1.83. The number of aromatic nitrogens is 2. The maximum atomic E-state index is 4.22. The molecule has 96 valence electrons. The number of rotatable bonds is 4. The van der Waals surface area contributed by atoms with Crippen LogP contribution in [0.4, 0.5) is 0 Å². The van der Waals surface area contributed by atoms with Crippen molar-refractivity contribution in [3.8, 4) is 0 Å². The van der Waals surface area contributed by atoms with Gasteiger partial charge < -0.3 is 10.2 Å². The van der Waals surface area contributed by atoms with Crippen LogP contribution in [0.5, 0.6) is 0 Å². The lowest BCUT2D eigenvalue weighted by molar-refractivity contribution is 0.267. The first kappa shape index (κ1) is 12.6. The molecule has 17 heavy (non-hydrogen) atoms. The Morgan fingerprint density at radius 3 is 3.12 bits per heavy atom. The minimum absolute atomic E-state index is 0.670. The van der Waals surface area contributed by atoms with Gasteiger partial charge in [-0.25, -0.2) is 0 Å². The third kappa shape index (κ3) is 3.54. The van der Waals surface area contributed by atoms with E-state index in [1.165, 1.54) is 38.2 Å². The highest BCUT2D eigenvalue weighted by atomic mass is 15.3. The molecule has 1 aliphatic heterocycles. The van der Waals surface area contributed by atoms with E-state index in [2.05, 4.69) is 28.3 Å². The zero-order chi connectivity index (χ0) is 12.1. The summed E-state index contributed by atoms with van der Waals surface area (Å²) in [4.78, 5) is 2.58. The van der Waals surface area contributed by atoms with Crippen LogP contribution < -0.4 is 5.32 Å². The van der Waals surface area contributed by atoms with E-state index in [1.807, 2.05) is 17.9 Å². The van der Waals surface area contributed by atoms with Crippen LogP contribution in [-0.4, -0.2) is 46.9 Å². The summed E-state index contributed by atoms with van der Waals surface area (Å²) in [7, 11) is 2.02. The molecule has 1 saturated heterocycles. The first-order chi connectivity index (χ1) is 8.29. The maximum Gasteiger partial charge on any atom is 0.0492 e. The van der Waals surface area contributed by atoms with Crippen molar-refractivity contribution in [2.45, 2.75) is 32.2 Å². The lowest BCUT2D eigenvalue weighted by Crippen LogP contribution is -2.38. The monoisotopic (exact) mass is 236 g/mol. The van der Waals surface area contributed by atoms with Crippen molar-refractivity contribution in [1.82, 2.24) is 20.0 Å². The molecular formula is C13H24N4. The highest BCUT2D eigenvalue weighted by Crippen LogP contribution is 2.06. The molecule has 2 heterocycles. The van der Waals surface area contributed by atoms with Crippen LogP contribution in [0.15, 0.2) is 12.3 Å². The van der Waals surface area contributed by atoms with Gasteiger partial charge in [0.25, 0.3) is 0 Å². The van der Waals surface area contributed by atoms with Gasteiger partial charge in [-0.2, -0.15) is 5.10 Å². The van der Waals surface area contributed by atoms with Gasteiger partial charge in [-0.1, -0.05) is 6.92 Å². The van der Waals surface area contributed by atoms with Crippen molar-refractivity contribution in [3.63, 3.8) is 0 Å². The molecule has 1 aromatic rings. The molecule has 4 heteroatoms. The topological polar surface area (TPSA) is 33.1 Å². The Hall–Kier alpha value is -0.870. The Morgan fingerprint density at radius 1 is 1.53 bits per heavy atom. The van der Waals surface area contributed by atoms with Gasteiger partial charge in [-0.3, -0.25) is 4.68 Å². The third-order valence-corrected chi connectivity index (χ3v) is 3.66. The van der Waals surface area contributed by atoms with E-state index >= 15 is 0 Å². The SMILES string of the molecule is CCC1CN(CCc2ccnn2C)CCCN1. The first-order valence-electron chi connectivity index (χ1n) is 6.72. The minimum Gasteiger partial charge on any atom is -0.313 e. The van der Waals surface area contributed by atoms with Crippen LogP contribution in [0, 0.1) is 0 Å². The molecule has 0 radical (unpaired) electrons. The lowest BCUT2D eigenvalue weighted by atomic mass is 10.2. The molecule has 1 aliphatic rings. The van der Waals surface area contributed by atoms with E-state index in [0.29, 0.717) is 6.04 Å². The standard InChI is InChI=1S/C13H24N4/c1-3-12-11-17(9-4-7-14-12)10-6-13-5-8-15-16(13)2/h5,8,12,14H,3-4,6-7,9-11H2,1-2H3. The van der Waals surface area contributed by atoms with Crippen molar-refractivity contribution in [3.05, 3.63) is 18.0 Å². The largest absolute Gasteiger partial charge is 0.313 e. The molecule has 0 aromatic carbocycles. The second-order valence-corrected chi connectivity index (χ2v) is 4.91. The van der Waals surface area contributed by atoms with E-state index in [0.717, 1.165) is 13.0 Å². The quantitative estimate of drug-likeness (QED) is 0.848. The van der Waals surface area contributed by atoms with Gasteiger partial charge in [0, 0.05) is 44.5 Å². The Labute approximate surface area is 104 Å². The number of hydrogen-bond donors (Lipinski definition) is 1. The summed E-state index contributed by atoms with van der Waals surface area (Å²) < 4.78 is 1.98.